The van der Waals surface area contributed by atoms with Crippen LogP contribution >= 0.6 is 23.2 Å². The molecule has 0 bridgehead atoms. The molecule has 192 valence electrons. The number of anilines is 3. The van der Waals surface area contributed by atoms with Crippen molar-refractivity contribution in [3.63, 3.8) is 0 Å². The maximum atomic E-state index is 12.5. The summed E-state index contributed by atoms with van der Waals surface area (Å²) < 4.78 is 0. The molecule has 1 atom stereocenters. The summed E-state index contributed by atoms with van der Waals surface area (Å²) in [5, 5.41) is 13.5. The highest BCUT2D eigenvalue weighted by Crippen LogP contribution is 2.37. The van der Waals surface area contributed by atoms with Crippen molar-refractivity contribution in [2.24, 2.45) is 5.73 Å². The molecule has 0 unspecified atom stereocenters. The van der Waals surface area contributed by atoms with Gasteiger partial charge in [-0.1, -0.05) is 30.6 Å². The first-order valence-corrected chi connectivity index (χ1v) is 12.3. The number of rotatable bonds is 5. The Balaban J connectivity index is 0.00000320. The van der Waals surface area contributed by atoms with Gasteiger partial charge in [0.1, 0.15) is 11.3 Å². The number of nitrogens with one attached hydrogen (secondary N) is 1. The van der Waals surface area contributed by atoms with E-state index in [0.717, 1.165) is 31.7 Å². The number of aromatic hydroxyl groups is 1. The number of phenolic OH excluding ortho intramolecular Hbond substituents is 1. The number of fused-ring (bicyclic) bond motifs is 1. The zero-order valence-electron chi connectivity index (χ0n) is 19.5. The van der Waals surface area contributed by atoms with Crippen LogP contribution in [0.25, 0.3) is 22.3 Å². The average Bonchev–Trinajstić information content (AvgIpc) is 2.87. The number of carbonyl (C=O) groups is 1. The summed E-state index contributed by atoms with van der Waals surface area (Å²) in [5.41, 5.74) is 10.0. The van der Waals surface area contributed by atoms with Crippen LogP contribution in [0.5, 0.6) is 5.75 Å². The Hall–Kier alpha value is -3.46. The molecule has 5 rings (SSSR count). The van der Waals surface area contributed by atoms with E-state index in [-0.39, 0.29) is 35.0 Å². The largest absolute Gasteiger partial charge is 0.505 e. The van der Waals surface area contributed by atoms with Crippen LogP contribution in [0.1, 0.15) is 37.6 Å². The van der Waals surface area contributed by atoms with Gasteiger partial charge in [0.2, 0.25) is 0 Å². The number of halogens is 2. The van der Waals surface area contributed by atoms with E-state index in [1.807, 2.05) is 18.2 Å². The minimum absolute atomic E-state index is 0. The number of ketones is 1. The van der Waals surface area contributed by atoms with Gasteiger partial charge in [0.25, 0.3) is 0 Å². The van der Waals surface area contributed by atoms with Crippen molar-refractivity contribution < 1.29 is 9.90 Å². The fourth-order valence-electron chi connectivity index (χ4n) is 4.34. The lowest BCUT2D eigenvalue weighted by atomic mass is 10.1. The smallest absolute Gasteiger partial charge is 0.163 e. The quantitative estimate of drug-likeness (QED) is 0.256. The van der Waals surface area contributed by atoms with Crippen LogP contribution in [0.2, 0.25) is 10.0 Å². The van der Waals surface area contributed by atoms with Crippen LogP contribution in [-0.4, -0.2) is 45.0 Å². The summed E-state index contributed by atoms with van der Waals surface area (Å²) in [6.07, 6.45) is 5.34. The molecule has 4 N–H and O–H groups in total. The fourth-order valence-corrected chi connectivity index (χ4v) is 4.83. The molecule has 0 aliphatic carbocycles. The molecule has 10 heteroatoms. The molecule has 8 nitrogen and oxygen atoms in total. The summed E-state index contributed by atoms with van der Waals surface area (Å²) in [7, 11) is 0. The number of pyridine rings is 3. The molecule has 1 saturated heterocycles. The minimum atomic E-state index is -0.187. The highest BCUT2D eigenvalue weighted by Gasteiger charge is 2.19. The number of benzene rings is 1. The Kier molecular flexibility index (Phi) is 7.82. The van der Waals surface area contributed by atoms with Gasteiger partial charge in [-0.25, -0.2) is 9.97 Å². The third-order valence-corrected chi connectivity index (χ3v) is 6.78. The molecular formula is C27H28Cl2N6O2. The Bertz CT molecular complexity index is 1440. The molecule has 0 saturated carbocycles. The van der Waals surface area contributed by atoms with Crippen LogP contribution in [0, 0.1) is 0 Å². The van der Waals surface area contributed by atoms with Crippen molar-refractivity contribution in [2.45, 2.75) is 33.2 Å². The second-order valence-corrected chi connectivity index (χ2v) is 9.65. The first-order valence-electron chi connectivity index (χ1n) is 11.5. The predicted octanol–water partition coefficient (Wildman–Crippen LogP) is 6.21. The van der Waals surface area contributed by atoms with Crippen LogP contribution < -0.4 is 16.0 Å². The van der Waals surface area contributed by atoms with E-state index in [1.54, 1.807) is 30.6 Å². The van der Waals surface area contributed by atoms with Gasteiger partial charge >= 0.3 is 0 Å². The first-order chi connectivity index (χ1) is 17.3. The van der Waals surface area contributed by atoms with Gasteiger partial charge in [-0.15, -0.1) is 0 Å². The fraction of sp³-hybridized carbons (Fsp3) is 0.259. The van der Waals surface area contributed by atoms with Gasteiger partial charge < -0.3 is 21.1 Å². The van der Waals surface area contributed by atoms with Gasteiger partial charge in [-0.3, -0.25) is 9.78 Å². The molecule has 4 heterocycles. The lowest BCUT2D eigenvalue weighted by Crippen LogP contribution is -2.43. The number of hydrogen-bond donors (Lipinski definition) is 3. The molecule has 0 spiro atoms. The van der Waals surface area contributed by atoms with E-state index in [1.165, 1.54) is 6.92 Å². The van der Waals surface area contributed by atoms with Gasteiger partial charge in [-0.05, 0) is 56.2 Å². The zero-order chi connectivity index (χ0) is 25.4. The van der Waals surface area contributed by atoms with Crippen LogP contribution in [0.3, 0.4) is 0 Å². The van der Waals surface area contributed by atoms with Crippen molar-refractivity contribution in [1.82, 2.24) is 15.0 Å². The second kappa shape index (κ2) is 10.9. The zero-order valence-corrected chi connectivity index (χ0v) is 21.0. The number of Topliss-reactive ketones (excluding diaryl/α,β-unsaturated/α-hetero) is 1. The summed E-state index contributed by atoms with van der Waals surface area (Å²) in [6.45, 7) is 3.19. The maximum Gasteiger partial charge on any atom is 0.163 e. The average molecular weight is 539 g/mol. The third-order valence-electron chi connectivity index (χ3n) is 6.20. The molecule has 1 fully saturated rings. The summed E-state index contributed by atoms with van der Waals surface area (Å²) >= 11 is 12.2. The van der Waals surface area contributed by atoms with Gasteiger partial charge in [0.15, 0.2) is 11.5 Å². The van der Waals surface area contributed by atoms with Crippen molar-refractivity contribution in [2.75, 3.05) is 23.3 Å². The molecule has 0 radical (unpaired) electrons. The Labute approximate surface area is 225 Å². The SMILES string of the molecule is C.CC(=O)c1cnc2ccc(-c3cc(Cl)c(O)c(Cl)c3)nc2c1Nc1ccc(N2CCC[C@@H](N)C2)nc1. The lowest BCUT2D eigenvalue weighted by molar-refractivity contribution is 0.101. The topological polar surface area (TPSA) is 117 Å². The number of hydrogen-bond acceptors (Lipinski definition) is 8. The molecular weight excluding hydrogens is 511 g/mol. The van der Waals surface area contributed by atoms with Gasteiger partial charge in [0.05, 0.1) is 44.4 Å². The van der Waals surface area contributed by atoms with Crippen molar-refractivity contribution in [3.8, 4) is 17.0 Å². The van der Waals surface area contributed by atoms with E-state index >= 15 is 0 Å². The van der Waals surface area contributed by atoms with Crippen LogP contribution in [0.4, 0.5) is 17.2 Å². The van der Waals surface area contributed by atoms with E-state index in [9.17, 15) is 9.90 Å². The minimum Gasteiger partial charge on any atom is -0.505 e. The molecule has 1 aliphatic rings. The van der Waals surface area contributed by atoms with Crippen LogP contribution in [0.15, 0.2) is 48.8 Å². The Morgan fingerprint density at radius 3 is 2.54 bits per heavy atom. The number of nitrogens with two attached hydrogens (primary N) is 1. The number of phenols is 1. The molecule has 37 heavy (non-hydrogen) atoms. The van der Waals surface area contributed by atoms with Crippen LogP contribution in [-0.2, 0) is 0 Å². The number of carbonyl (C=O) groups excluding carboxylic acids is 1. The summed E-state index contributed by atoms with van der Waals surface area (Å²) in [5.74, 6) is 0.526. The summed E-state index contributed by atoms with van der Waals surface area (Å²) in [6, 6.07) is 10.8. The molecule has 4 aromatic rings. The van der Waals surface area contributed by atoms with Crippen molar-refractivity contribution in [1.29, 1.82) is 0 Å². The number of aromatic nitrogens is 3. The third kappa shape index (κ3) is 5.46. The number of piperidine rings is 1. The monoisotopic (exact) mass is 538 g/mol. The summed E-state index contributed by atoms with van der Waals surface area (Å²) in [4.78, 5) is 28.5. The van der Waals surface area contributed by atoms with E-state index in [4.69, 9.17) is 33.9 Å². The van der Waals surface area contributed by atoms with Crippen molar-refractivity contribution in [3.05, 3.63) is 64.4 Å². The van der Waals surface area contributed by atoms with E-state index in [0.29, 0.717) is 39.2 Å². The maximum absolute atomic E-state index is 12.5. The Morgan fingerprint density at radius 2 is 1.89 bits per heavy atom. The van der Waals surface area contributed by atoms with E-state index < -0.39 is 0 Å². The lowest BCUT2D eigenvalue weighted by Gasteiger charge is -2.31. The molecule has 1 aliphatic heterocycles. The first kappa shape index (κ1) is 26.6. The van der Waals surface area contributed by atoms with E-state index in [2.05, 4.69) is 20.2 Å². The Morgan fingerprint density at radius 1 is 1.14 bits per heavy atom. The predicted molar refractivity (Wildman–Crippen MR) is 150 cm³/mol. The molecule has 0 amide bonds. The number of nitrogens with zero attached hydrogens (tertiary/aromatic N) is 4. The molecule has 1 aromatic carbocycles. The second-order valence-electron chi connectivity index (χ2n) is 8.83. The van der Waals surface area contributed by atoms with Crippen molar-refractivity contribution >= 4 is 57.2 Å². The van der Waals surface area contributed by atoms with Gasteiger partial charge in [-0.2, -0.15) is 0 Å². The molecule has 3 aromatic heterocycles. The van der Waals surface area contributed by atoms with Gasteiger partial charge in [0, 0.05) is 30.9 Å². The normalized spacial score (nSPS) is 15.4. The standard InChI is InChI=1S/C26H24Cl2N6O2.CH4/c1-14(35)18-12-30-22-6-5-21(15-9-19(27)26(36)20(28)10-15)33-25(22)24(18)32-17-4-7-23(31-11-17)34-8-2-3-16(29)13-34;/h4-7,9-12,16,36H,2-3,8,13,29H2,1H3,(H,30,32);1H4/t16-;/m1./s1. The highest BCUT2D eigenvalue weighted by molar-refractivity contribution is 6.37. The highest BCUT2D eigenvalue weighted by atomic mass is 35.5.